The van der Waals surface area contributed by atoms with Crippen LogP contribution in [0.2, 0.25) is 0 Å². The predicted octanol–water partition coefficient (Wildman–Crippen LogP) is 5.31. The minimum atomic E-state index is -0.728. The molecule has 3 heterocycles. The lowest BCUT2D eigenvalue weighted by atomic mass is 9.76. The number of benzene rings is 4. The van der Waals surface area contributed by atoms with Gasteiger partial charge in [-0.1, -0.05) is 109 Å². The number of aliphatic hydroxyl groups is 1. The van der Waals surface area contributed by atoms with Crippen LogP contribution in [0.25, 0.3) is 11.2 Å². The second-order valence-corrected chi connectivity index (χ2v) is 11.0. The summed E-state index contributed by atoms with van der Waals surface area (Å²) in [6.07, 6.45) is 2.60. The van der Waals surface area contributed by atoms with Crippen molar-refractivity contribution in [2.75, 3.05) is 11.9 Å². The number of hydrogen-bond donors (Lipinski definition) is 3. The maximum Gasteiger partial charge on any atom is 0.256 e. The zero-order valence-corrected chi connectivity index (χ0v) is 24.4. The highest BCUT2D eigenvalue weighted by Crippen LogP contribution is 2.40. The molecule has 1 unspecified atom stereocenters. The van der Waals surface area contributed by atoms with Crippen molar-refractivity contribution in [1.82, 2.24) is 24.8 Å². The molecule has 0 aliphatic carbocycles. The molecule has 2 aromatic heterocycles. The van der Waals surface area contributed by atoms with Crippen molar-refractivity contribution in [2.24, 2.45) is 0 Å². The van der Waals surface area contributed by atoms with Crippen molar-refractivity contribution in [3.8, 4) is 0 Å². The molecule has 0 spiro atoms. The van der Waals surface area contributed by atoms with E-state index in [9.17, 15) is 9.90 Å². The topological polar surface area (TPSA) is 114 Å². The molecule has 0 radical (unpaired) electrons. The summed E-state index contributed by atoms with van der Waals surface area (Å²) in [4.78, 5) is 26.2. The number of hydrogen-bond acceptors (Lipinski definition) is 7. The first-order valence-electron chi connectivity index (χ1n) is 14.9. The standard InChI is InChI=1S/C36H32N6O3/c43-22-30-29(41-36(26-15-7-2-8-16-26,27-17-9-3-10-18-27)28-19-11-4-12-20-28)21-31(45-30)42-24-39-32-33(37-23-38-34(32)42)40-35(44)25-13-5-1-6-14-25/h1-20,23-24,29-31,41,43H,21-22H2,(H,37,38,40,44)/t29?,30-,31-/m1/s1. The van der Waals surface area contributed by atoms with Gasteiger partial charge in [0.1, 0.15) is 12.6 Å². The lowest BCUT2D eigenvalue weighted by molar-refractivity contribution is -0.0264. The van der Waals surface area contributed by atoms with Crippen molar-refractivity contribution in [3.63, 3.8) is 0 Å². The Morgan fingerprint density at radius 1 is 0.800 bits per heavy atom. The van der Waals surface area contributed by atoms with E-state index in [4.69, 9.17) is 4.74 Å². The summed E-state index contributed by atoms with van der Waals surface area (Å²) < 4.78 is 8.32. The SMILES string of the molecule is O=C(Nc1ncnc2c1ncn2[C@H]1CC(NC(c2ccccc2)(c2ccccc2)c2ccccc2)[C@@H](CO)O1)c1ccccc1. The summed E-state index contributed by atoms with van der Waals surface area (Å²) in [5, 5.41) is 17.4. The van der Waals surface area contributed by atoms with Gasteiger partial charge in [-0.3, -0.25) is 14.7 Å². The van der Waals surface area contributed by atoms with Crippen LogP contribution in [0.1, 0.15) is 39.7 Å². The molecule has 1 aliphatic rings. The summed E-state index contributed by atoms with van der Waals surface area (Å²) in [5.41, 5.74) is 3.98. The molecule has 9 heteroatoms. The number of amides is 1. The second kappa shape index (κ2) is 12.4. The van der Waals surface area contributed by atoms with Crippen LogP contribution in [-0.4, -0.2) is 49.3 Å². The van der Waals surface area contributed by atoms with Gasteiger partial charge in [-0.2, -0.15) is 0 Å². The number of nitrogens with one attached hydrogen (secondary N) is 2. The van der Waals surface area contributed by atoms with Crippen LogP contribution in [0.4, 0.5) is 5.82 Å². The Kier molecular flexibility index (Phi) is 7.87. The zero-order valence-electron chi connectivity index (χ0n) is 24.4. The number of rotatable bonds is 9. The van der Waals surface area contributed by atoms with E-state index in [-0.39, 0.29) is 18.6 Å². The Morgan fingerprint density at radius 2 is 1.36 bits per heavy atom. The Balaban J connectivity index is 1.24. The fourth-order valence-electron chi connectivity index (χ4n) is 6.24. The van der Waals surface area contributed by atoms with Crippen LogP contribution in [0.3, 0.4) is 0 Å². The summed E-state index contributed by atoms with van der Waals surface area (Å²) >= 11 is 0. The molecule has 7 rings (SSSR count). The summed E-state index contributed by atoms with van der Waals surface area (Å²) in [7, 11) is 0. The van der Waals surface area contributed by atoms with E-state index >= 15 is 0 Å². The van der Waals surface area contributed by atoms with Crippen LogP contribution in [0, 0.1) is 0 Å². The monoisotopic (exact) mass is 596 g/mol. The molecule has 0 saturated carbocycles. The highest BCUT2D eigenvalue weighted by Gasteiger charge is 2.44. The van der Waals surface area contributed by atoms with Gasteiger partial charge in [0.15, 0.2) is 17.0 Å². The molecule has 0 bridgehead atoms. The third kappa shape index (κ3) is 5.38. The summed E-state index contributed by atoms with van der Waals surface area (Å²) in [5.74, 6) is 0.0289. The average molecular weight is 597 g/mol. The highest BCUT2D eigenvalue weighted by atomic mass is 16.5. The van der Waals surface area contributed by atoms with Crippen LogP contribution in [0.5, 0.6) is 0 Å². The fraction of sp³-hybridized carbons (Fsp3) is 0.167. The Bertz CT molecular complexity index is 1790. The van der Waals surface area contributed by atoms with E-state index in [2.05, 4.69) is 62.0 Å². The molecule has 1 saturated heterocycles. The molecule has 45 heavy (non-hydrogen) atoms. The predicted molar refractivity (Wildman–Crippen MR) is 171 cm³/mol. The Hall–Kier alpha value is -5.22. The number of imidazole rings is 1. The third-order valence-corrected chi connectivity index (χ3v) is 8.38. The van der Waals surface area contributed by atoms with Gasteiger partial charge in [-0.05, 0) is 28.8 Å². The smallest absolute Gasteiger partial charge is 0.256 e. The van der Waals surface area contributed by atoms with Crippen LogP contribution in [0.15, 0.2) is 134 Å². The molecule has 1 fully saturated rings. The van der Waals surface area contributed by atoms with Gasteiger partial charge < -0.3 is 15.2 Å². The first-order chi connectivity index (χ1) is 22.2. The van der Waals surface area contributed by atoms with Gasteiger partial charge >= 0.3 is 0 Å². The lowest BCUT2D eigenvalue weighted by Gasteiger charge is -2.40. The van der Waals surface area contributed by atoms with E-state index in [1.165, 1.54) is 6.33 Å². The first-order valence-corrected chi connectivity index (χ1v) is 14.9. The second-order valence-electron chi connectivity index (χ2n) is 11.0. The quantitative estimate of drug-likeness (QED) is 0.194. The van der Waals surface area contributed by atoms with Gasteiger partial charge in [0.25, 0.3) is 5.91 Å². The molecular formula is C36H32N6O3. The number of ether oxygens (including phenoxy) is 1. The maximum atomic E-state index is 12.9. The number of nitrogens with zero attached hydrogens (tertiary/aromatic N) is 4. The van der Waals surface area contributed by atoms with E-state index in [1.54, 1.807) is 30.6 Å². The molecule has 1 aliphatic heterocycles. The van der Waals surface area contributed by atoms with Crippen LogP contribution in [-0.2, 0) is 10.3 Å². The molecule has 9 nitrogen and oxygen atoms in total. The van der Waals surface area contributed by atoms with E-state index in [0.717, 1.165) is 16.7 Å². The number of aliphatic hydroxyl groups excluding tert-OH is 1. The Morgan fingerprint density at radius 3 is 1.91 bits per heavy atom. The largest absolute Gasteiger partial charge is 0.394 e. The van der Waals surface area contributed by atoms with Crippen molar-refractivity contribution in [1.29, 1.82) is 0 Å². The minimum Gasteiger partial charge on any atom is -0.394 e. The molecule has 1 amide bonds. The van der Waals surface area contributed by atoms with E-state index in [1.807, 2.05) is 65.2 Å². The van der Waals surface area contributed by atoms with Gasteiger partial charge in [0.05, 0.1) is 24.6 Å². The molecular weight excluding hydrogens is 564 g/mol. The van der Waals surface area contributed by atoms with E-state index < -0.39 is 17.9 Å². The number of carbonyl (C=O) groups excluding carboxylic acids is 1. The summed E-state index contributed by atoms with van der Waals surface area (Å²) in [6.45, 7) is -0.178. The molecule has 4 aromatic carbocycles. The van der Waals surface area contributed by atoms with Crippen LogP contribution >= 0.6 is 0 Å². The average Bonchev–Trinajstić information content (AvgIpc) is 3.73. The number of carbonyl (C=O) groups is 1. The Labute approximate surface area is 260 Å². The van der Waals surface area contributed by atoms with Gasteiger partial charge in [0.2, 0.25) is 0 Å². The zero-order chi connectivity index (χ0) is 30.6. The highest BCUT2D eigenvalue weighted by molar-refractivity contribution is 6.06. The van der Waals surface area contributed by atoms with Gasteiger partial charge in [0, 0.05) is 18.0 Å². The lowest BCUT2D eigenvalue weighted by Crippen LogP contribution is -2.53. The number of anilines is 1. The molecule has 224 valence electrons. The molecule has 3 atom stereocenters. The molecule has 3 N–H and O–H groups in total. The van der Waals surface area contributed by atoms with E-state index in [0.29, 0.717) is 29.0 Å². The van der Waals surface area contributed by atoms with Crippen molar-refractivity contribution in [3.05, 3.63) is 156 Å². The van der Waals surface area contributed by atoms with Gasteiger partial charge in [-0.25, -0.2) is 15.0 Å². The minimum absolute atomic E-state index is 0.178. The summed E-state index contributed by atoms with van der Waals surface area (Å²) in [6, 6.07) is 39.7. The third-order valence-electron chi connectivity index (χ3n) is 8.38. The number of aromatic nitrogens is 4. The molecule has 6 aromatic rings. The van der Waals surface area contributed by atoms with Crippen molar-refractivity contribution >= 4 is 22.9 Å². The maximum absolute atomic E-state index is 12.9. The van der Waals surface area contributed by atoms with Gasteiger partial charge in [-0.15, -0.1) is 0 Å². The van der Waals surface area contributed by atoms with Crippen molar-refractivity contribution in [2.45, 2.75) is 30.3 Å². The first kappa shape index (κ1) is 28.5. The fourth-order valence-corrected chi connectivity index (χ4v) is 6.24. The number of fused-ring (bicyclic) bond motifs is 1. The van der Waals surface area contributed by atoms with Crippen molar-refractivity contribution < 1.29 is 14.6 Å². The normalized spacial score (nSPS) is 18.2. The van der Waals surface area contributed by atoms with Crippen LogP contribution < -0.4 is 10.6 Å².